The Labute approximate surface area is 107 Å². The largest absolute Gasteiger partial charge is 0.495 e. The summed E-state index contributed by atoms with van der Waals surface area (Å²) in [6.07, 6.45) is 0. The molecule has 0 amide bonds. The Morgan fingerprint density at radius 3 is 2.61 bits per heavy atom. The molecular weight excluding hydrogens is 254 g/mol. The monoisotopic (exact) mass is 271 g/mol. The van der Waals surface area contributed by atoms with Gasteiger partial charge < -0.3 is 10.1 Å². The summed E-state index contributed by atoms with van der Waals surface area (Å²) in [6.45, 7) is 2.30. The lowest BCUT2D eigenvalue weighted by Crippen LogP contribution is -2.48. The summed E-state index contributed by atoms with van der Waals surface area (Å²) in [5.41, 5.74) is 0.457. The van der Waals surface area contributed by atoms with Crippen LogP contribution in [0.2, 0.25) is 0 Å². The van der Waals surface area contributed by atoms with E-state index in [1.54, 1.807) is 24.3 Å². The molecule has 0 unspecified atom stereocenters. The van der Waals surface area contributed by atoms with Gasteiger partial charge in [-0.2, -0.15) is 12.7 Å². The van der Waals surface area contributed by atoms with Gasteiger partial charge in [-0.25, -0.2) is 0 Å². The minimum absolute atomic E-state index is 0.457. The van der Waals surface area contributed by atoms with Gasteiger partial charge in [-0.1, -0.05) is 12.1 Å². The predicted octanol–water partition coefficient (Wildman–Crippen LogP) is 0.257. The third-order valence-electron chi connectivity index (χ3n) is 2.76. The zero-order valence-electron chi connectivity index (χ0n) is 10.2. The molecule has 1 saturated heterocycles. The Morgan fingerprint density at radius 1 is 1.28 bits per heavy atom. The molecule has 2 N–H and O–H groups in total. The van der Waals surface area contributed by atoms with Crippen LogP contribution in [0.4, 0.5) is 5.69 Å². The van der Waals surface area contributed by atoms with Crippen LogP contribution >= 0.6 is 0 Å². The first-order valence-electron chi connectivity index (χ1n) is 5.75. The van der Waals surface area contributed by atoms with Crippen LogP contribution in [0.15, 0.2) is 24.3 Å². The Morgan fingerprint density at radius 2 is 1.94 bits per heavy atom. The smallest absolute Gasteiger partial charge is 0.301 e. The van der Waals surface area contributed by atoms with Crippen molar-refractivity contribution in [2.45, 2.75) is 0 Å². The van der Waals surface area contributed by atoms with Gasteiger partial charge in [0.15, 0.2) is 0 Å². The number of anilines is 1. The number of para-hydroxylation sites is 2. The van der Waals surface area contributed by atoms with Crippen LogP contribution in [-0.2, 0) is 10.2 Å². The molecule has 2 rings (SSSR count). The van der Waals surface area contributed by atoms with Gasteiger partial charge in [-0.15, -0.1) is 0 Å². The normalized spacial score (nSPS) is 17.4. The number of benzene rings is 1. The van der Waals surface area contributed by atoms with Gasteiger partial charge in [0, 0.05) is 26.2 Å². The summed E-state index contributed by atoms with van der Waals surface area (Å²) in [5, 5.41) is 3.11. The lowest BCUT2D eigenvalue weighted by atomic mass is 10.3. The molecule has 0 bridgehead atoms. The van der Waals surface area contributed by atoms with E-state index in [9.17, 15) is 8.42 Å². The summed E-state index contributed by atoms with van der Waals surface area (Å²) < 4.78 is 33.4. The van der Waals surface area contributed by atoms with Crippen LogP contribution in [0, 0.1) is 0 Å². The maximum atomic E-state index is 12.2. The topological polar surface area (TPSA) is 70.7 Å². The predicted molar refractivity (Wildman–Crippen MR) is 70.0 cm³/mol. The van der Waals surface area contributed by atoms with E-state index in [1.807, 2.05) is 0 Å². The summed E-state index contributed by atoms with van der Waals surface area (Å²) >= 11 is 0. The number of ether oxygens (including phenoxy) is 1. The van der Waals surface area contributed by atoms with E-state index >= 15 is 0 Å². The molecule has 0 spiro atoms. The van der Waals surface area contributed by atoms with Gasteiger partial charge >= 0.3 is 10.2 Å². The van der Waals surface area contributed by atoms with Crippen LogP contribution in [0.3, 0.4) is 0 Å². The lowest BCUT2D eigenvalue weighted by Gasteiger charge is -2.27. The van der Waals surface area contributed by atoms with Crippen molar-refractivity contribution in [1.82, 2.24) is 9.62 Å². The number of nitrogens with one attached hydrogen (secondary N) is 2. The summed E-state index contributed by atoms with van der Waals surface area (Å²) in [7, 11) is -1.99. The molecule has 1 aromatic carbocycles. The molecule has 6 nitrogen and oxygen atoms in total. The molecule has 1 aliphatic rings. The standard InChI is InChI=1S/C11H17N3O3S/c1-17-11-5-3-2-4-10(11)13-18(15,16)14-8-6-12-7-9-14/h2-5,12-13H,6-9H2,1H3. The zero-order valence-corrected chi connectivity index (χ0v) is 11.0. The molecule has 1 heterocycles. The first kappa shape index (κ1) is 13.1. The molecule has 0 atom stereocenters. The van der Waals surface area contributed by atoms with E-state index in [-0.39, 0.29) is 0 Å². The van der Waals surface area contributed by atoms with Gasteiger partial charge in [-0.3, -0.25) is 4.72 Å². The minimum Gasteiger partial charge on any atom is -0.495 e. The third-order valence-corrected chi connectivity index (χ3v) is 4.28. The van der Waals surface area contributed by atoms with Crippen molar-refractivity contribution in [2.24, 2.45) is 0 Å². The van der Waals surface area contributed by atoms with Crippen LogP contribution < -0.4 is 14.8 Å². The van der Waals surface area contributed by atoms with Gasteiger partial charge in [-0.05, 0) is 12.1 Å². The SMILES string of the molecule is COc1ccccc1NS(=O)(=O)N1CCNCC1. The van der Waals surface area contributed by atoms with Crippen LogP contribution in [0.5, 0.6) is 5.75 Å². The number of nitrogens with zero attached hydrogens (tertiary/aromatic N) is 1. The molecule has 1 aliphatic heterocycles. The van der Waals surface area contributed by atoms with Crippen molar-refractivity contribution in [3.8, 4) is 5.75 Å². The van der Waals surface area contributed by atoms with Crippen molar-refractivity contribution >= 4 is 15.9 Å². The first-order valence-corrected chi connectivity index (χ1v) is 7.19. The molecule has 0 aliphatic carbocycles. The van der Waals surface area contributed by atoms with Crippen molar-refractivity contribution in [3.05, 3.63) is 24.3 Å². The van der Waals surface area contributed by atoms with Crippen molar-refractivity contribution in [2.75, 3.05) is 38.0 Å². The fourth-order valence-corrected chi connectivity index (χ4v) is 3.06. The summed E-state index contributed by atoms with van der Waals surface area (Å²) in [6, 6.07) is 6.95. The Hall–Kier alpha value is -1.31. The van der Waals surface area contributed by atoms with Crippen molar-refractivity contribution in [1.29, 1.82) is 0 Å². The van der Waals surface area contributed by atoms with Crippen molar-refractivity contribution < 1.29 is 13.2 Å². The summed E-state index contributed by atoms with van der Waals surface area (Å²) in [5.74, 6) is 0.510. The lowest BCUT2D eigenvalue weighted by molar-refractivity contribution is 0.362. The summed E-state index contributed by atoms with van der Waals surface area (Å²) in [4.78, 5) is 0. The first-order chi connectivity index (χ1) is 8.63. The second-order valence-corrected chi connectivity index (χ2v) is 5.63. The average molecular weight is 271 g/mol. The van der Waals surface area contributed by atoms with E-state index in [0.29, 0.717) is 37.6 Å². The highest BCUT2D eigenvalue weighted by Gasteiger charge is 2.24. The molecule has 1 fully saturated rings. The molecule has 1 aromatic rings. The van der Waals surface area contributed by atoms with Crippen LogP contribution in [0.25, 0.3) is 0 Å². The maximum absolute atomic E-state index is 12.2. The van der Waals surface area contributed by atoms with Gasteiger partial charge in [0.1, 0.15) is 5.75 Å². The molecule has 100 valence electrons. The third kappa shape index (κ3) is 2.92. The number of rotatable bonds is 4. The van der Waals surface area contributed by atoms with E-state index in [0.717, 1.165) is 0 Å². The Kier molecular flexibility index (Phi) is 4.05. The van der Waals surface area contributed by atoms with E-state index in [4.69, 9.17) is 4.74 Å². The van der Waals surface area contributed by atoms with Gasteiger partial charge in [0.25, 0.3) is 0 Å². The van der Waals surface area contributed by atoms with Gasteiger partial charge in [0.05, 0.1) is 12.8 Å². The zero-order chi connectivity index (χ0) is 13.0. The Bertz CT molecular complexity index is 498. The second kappa shape index (κ2) is 5.55. The van der Waals surface area contributed by atoms with Crippen LogP contribution in [-0.4, -0.2) is 46.0 Å². The van der Waals surface area contributed by atoms with E-state index < -0.39 is 10.2 Å². The molecule has 0 saturated carbocycles. The molecule has 18 heavy (non-hydrogen) atoms. The minimum atomic E-state index is -3.51. The Balaban J connectivity index is 2.16. The number of piperazine rings is 1. The van der Waals surface area contributed by atoms with Gasteiger partial charge in [0.2, 0.25) is 0 Å². The molecule has 0 radical (unpaired) electrons. The average Bonchev–Trinajstić information content (AvgIpc) is 2.40. The fraction of sp³-hybridized carbons (Fsp3) is 0.455. The number of hydrogen-bond donors (Lipinski definition) is 2. The van der Waals surface area contributed by atoms with E-state index in [2.05, 4.69) is 10.0 Å². The highest BCUT2D eigenvalue weighted by molar-refractivity contribution is 7.90. The molecule has 7 heteroatoms. The molecular formula is C11H17N3O3S. The highest BCUT2D eigenvalue weighted by Crippen LogP contribution is 2.24. The fourth-order valence-electron chi connectivity index (χ4n) is 1.82. The van der Waals surface area contributed by atoms with E-state index in [1.165, 1.54) is 11.4 Å². The number of methoxy groups -OCH3 is 1. The highest BCUT2D eigenvalue weighted by atomic mass is 32.2. The molecule has 0 aromatic heterocycles. The van der Waals surface area contributed by atoms with Crippen LogP contribution in [0.1, 0.15) is 0 Å². The second-order valence-electron chi connectivity index (χ2n) is 3.96. The van der Waals surface area contributed by atoms with Crippen molar-refractivity contribution in [3.63, 3.8) is 0 Å². The number of hydrogen-bond acceptors (Lipinski definition) is 4. The quantitative estimate of drug-likeness (QED) is 0.824. The maximum Gasteiger partial charge on any atom is 0.301 e.